The van der Waals surface area contributed by atoms with E-state index in [1.807, 2.05) is 6.07 Å². The van der Waals surface area contributed by atoms with Crippen LogP contribution in [0.25, 0.3) is 11.3 Å². The number of halogens is 1. The minimum atomic E-state index is -3.56. The molecule has 3 rings (SSSR count). The van der Waals surface area contributed by atoms with Crippen LogP contribution in [0.15, 0.2) is 34.9 Å². The lowest BCUT2D eigenvalue weighted by Gasteiger charge is -2.31. The summed E-state index contributed by atoms with van der Waals surface area (Å²) in [5, 5.41) is 9.45. The van der Waals surface area contributed by atoms with Crippen molar-refractivity contribution in [1.82, 2.24) is 10.1 Å². The second-order valence-corrected chi connectivity index (χ2v) is 8.21. The van der Waals surface area contributed by atoms with Gasteiger partial charge in [-0.05, 0) is 30.9 Å². The van der Waals surface area contributed by atoms with Gasteiger partial charge < -0.3 is 9.42 Å². The van der Waals surface area contributed by atoms with E-state index >= 15 is 0 Å². The molecule has 1 saturated heterocycles. The van der Waals surface area contributed by atoms with Gasteiger partial charge in [0.25, 0.3) is 5.91 Å². The molecule has 2 N–H and O–H groups in total. The zero-order valence-corrected chi connectivity index (χ0v) is 15.0. The summed E-state index contributed by atoms with van der Waals surface area (Å²) in [5.41, 5.74) is 0.827. The summed E-state index contributed by atoms with van der Waals surface area (Å²) in [6, 6.07) is 8.66. The van der Waals surface area contributed by atoms with Gasteiger partial charge in [-0.25, -0.2) is 13.6 Å². The van der Waals surface area contributed by atoms with Crippen molar-refractivity contribution in [2.75, 3.05) is 18.8 Å². The van der Waals surface area contributed by atoms with Crippen LogP contribution < -0.4 is 5.14 Å². The Labute approximate surface area is 150 Å². The average molecular weight is 384 g/mol. The number of likely N-dealkylation sites (tertiary alicyclic amines) is 1. The van der Waals surface area contributed by atoms with Crippen molar-refractivity contribution in [3.05, 3.63) is 41.0 Å². The van der Waals surface area contributed by atoms with Crippen LogP contribution in [0.5, 0.6) is 0 Å². The first kappa shape index (κ1) is 17.9. The number of carbonyl (C=O) groups is 1. The van der Waals surface area contributed by atoms with E-state index in [2.05, 4.69) is 5.16 Å². The number of primary sulfonamides is 1. The first-order valence-corrected chi connectivity index (χ1v) is 9.94. The number of benzene rings is 1. The van der Waals surface area contributed by atoms with E-state index in [4.69, 9.17) is 21.3 Å². The number of hydrogen-bond acceptors (Lipinski definition) is 5. The highest BCUT2D eigenvalue weighted by Gasteiger charge is 2.28. The monoisotopic (exact) mass is 383 g/mol. The number of hydrogen-bond donors (Lipinski definition) is 1. The highest BCUT2D eigenvalue weighted by molar-refractivity contribution is 7.89. The molecule has 1 aromatic carbocycles. The minimum absolute atomic E-state index is 0.125. The van der Waals surface area contributed by atoms with E-state index in [0.717, 1.165) is 12.8 Å². The quantitative estimate of drug-likeness (QED) is 0.870. The van der Waals surface area contributed by atoms with Gasteiger partial charge >= 0.3 is 0 Å². The lowest BCUT2D eigenvalue weighted by Crippen LogP contribution is -2.42. The van der Waals surface area contributed by atoms with Gasteiger partial charge in [0.15, 0.2) is 11.5 Å². The molecular formula is C16H18ClN3O4S. The first-order chi connectivity index (χ1) is 11.8. The topological polar surface area (TPSA) is 106 Å². The first-order valence-electron chi connectivity index (χ1n) is 7.85. The van der Waals surface area contributed by atoms with Crippen molar-refractivity contribution in [2.24, 2.45) is 11.1 Å². The smallest absolute Gasteiger partial charge is 0.276 e. The predicted octanol–water partition coefficient (Wildman–Crippen LogP) is 2.14. The van der Waals surface area contributed by atoms with Gasteiger partial charge in [0, 0.05) is 24.7 Å². The summed E-state index contributed by atoms with van der Waals surface area (Å²) >= 11 is 6.13. The molecule has 1 atom stereocenters. The summed E-state index contributed by atoms with van der Waals surface area (Å²) in [5.74, 6) is -0.170. The van der Waals surface area contributed by atoms with Crippen molar-refractivity contribution < 1.29 is 17.7 Å². The number of carbonyl (C=O) groups excluding carboxylic acids is 1. The van der Waals surface area contributed by atoms with E-state index in [1.165, 1.54) is 0 Å². The fourth-order valence-corrected chi connectivity index (χ4v) is 4.20. The molecule has 2 heterocycles. The van der Waals surface area contributed by atoms with Crippen molar-refractivity contribution in [3.63, 3.8) is 0 Å². The van der Waals surface area contributed by atoms with E-state index in [0.29, 0.717) is 29.4 Å². The molecule has 1 aliphatic heterocycles. The molecule has 1 aromatic heterocycles. The maximum Gasteiger partial charge on any atom is 0.276 e. The van der Waals surface area contributed by atoms with Crippen LogP contribution in [0.2, 0.25) is 5.02 Å². The van der Waals surface area contributed by atoms with Gasteiger partial charge in [-0.15, -0.1) is 0 Å². The van der Waals surface area contributed by atoms with Gasteiger partial charge in [0.05, 0.1) is 10.8 Å². The van der Waals surface area contributed by atoms with Crippen LogP contribution in [0.4, 0.5) is 0 Å². The van der Waals surface area contributed by atoms with Crippen LogP contribution in [0.1, 0.15) is 23.3 Å². The summed E-state index contributed by atoms with van der Waals surface area (Å²) in [6.07, 6.45) is 1.45. The van der Waals surface area contributed by atoms with Crippen LogP contribution in [0, 0.1) is 5.92 Å². The fourth-order valence-electron chi connectivity index (χ4n) is 3.04. The number of aromatic nitrogens is 1. The Morgan fingerprint density at radius 2 is 2.16 bits per heavy atom. The lowest BCUT2D eigenvalue weighted by molar-refractivity contribution is 0.0674. The second-order valence-electron chi connectivity index (χ2n) is 6.15. The number of rotatable bonds is 4. The Morgan fingerprint density at radius 3 is 2.88 bits per heavy atom. The molecule has 2 aromatic rings. The van der Waals surface area contributed by atoms with E-state index in [1.54, 1.807) is 29.2 Å². The van der Waals surface area contributed by atoms with Crippen LogP contribution in [-0.2, 0) is 10.0 Å². The molecule has 134 valence electrons. The van der Waals surface area contributed by atoms with Crippen LogP contribution in [-0.4, -0.2) is 43.2 Å². The van der Waals surface area contributed by atoms with Gasteiger partial charge in [0.1, 0.15) is 0 Å². The molecule has 1 amide bonds. The van der Waals surface area contributed by atoms with E-state index in [9.17, 15) is 13.2 Å². The molecule has 0 saturated carbocycles. The summed E-state index contributed by atoms with van der Waals surface area (Å²) in [6.45, 7) is 0.887. The molecule has 7 nitrogen and oxygen atoms in total. The second kappa shape index (κ2) is 7.15. The largest absolute Gasteiger partial charge is 0.355 e. The highest BCUT2D eigenvalue weighted by Crippen LogP contribution is 2.28. The molecule has 1 unspecified atom stereocenters. The zero-order chi connectivity index (χ0) is 18.0. The number of piperidine rings is 1. The minimum Gasteiger partial charge on any atom is -0.355 e. The normalized spacial score (nSPS) is 18.3. The lowest BCUT2D eigenvalue weighted by atomic mass is 10.00. The third kappa shape index (κ3) is 4.39. The standard InChI is InChI=1S/C16H18ClN3O4S/c17-13-6-2-1-5-12(13)15-8-14(19-24-15)16(21)20-7-3-4-11(9-20)10-25(18,22)23/h1-2,5-6,8,11H,3-4,7,9-10H2,(H2,18,22,23). The molecule has 0 spiro atoms. The summed E-state index contributed by atoms with van der Waals surface area (Å²) in [4.78, 5) is 14.2. The van der Waals surface area contributed by atoms with Crippen molar-refractivity contribution in [2.45, 2.75) is 12.8 Å². The summed E-state index contributed by atoms with van der Waals surface area (Å²) in [7, 11) is -3.56. The maximum atomic E-state index is 12.6. The molecule has 0 bridgehead atoms. The maximum absolute atomic E-state index is 12.6. The van der Waals surface area contributed by atoms with Gasteiger partial charge in [0.2, 0.25) is 10.0 Å². The Bertz CT molecular complexity index is 881. The highest BCUT2D eigenvalue weighted by atomic mass is 35.5. The Hall–Kier alpha value is -1.90. The van der Waals surface area contributed by atoms with Crippen molar-refractivity contribution in [1.29, 1.82) is 0 Å². The average Bonchev–Trinajstić information content (AvgIpc) is 3.03. The number of sulfonamides is 1. The number of nitrogens with zero attached hydrogens (tertiary/aromatic N) is 2. The van der Waals surface area contributed by atoms with E-state index in [-0.39, 0.29) is 23.3 Å². The zero-order valence-electron chi connectivity index (χ0n) is 13.4. The molecule has 0 aliphatic carbocycles. The Balaban J connectivity index is 1.74. The molecular weight excluding hydrogens is 366 g/mol. The Morgan fingerprint density at radius 1 is 1.40 bits per heavy atom. The van der Waals surface area contributed by atoms with Gasteiger partial charge in [-0.2, -0.15) is 0 Å². The number of nitrogens with two attached hydrogens (primary N) is 1. The molecule has 1 aliphatic rings. The van der Waals surface area contributed by atoms with Crippen LogP contribution >= 0.6 is 11.6 Å². The SMILES string of the molecule is NS(=O)(=O)CC1CCCN(C(=O)c2cc(-c3ccccc3Cl)on2)C1. The van der Waals surface area contributed by atoms with Crippen molar-refractivity contribution in [3.8, 4) is 11.3 Å². The fraction of sp³-hybridized carbons (Fsp3) is 0.375. The molecule has 0 radical (unpaired) electrons. The van der Waals surface area contributed by atoms with E-state index < -0.39 is 10.0 Å². The van der Waals surface area contributed by atoms with Crippen LogP contribution in [0.3, 0.4) is 0 Å². The predicted molar refractivity (Wildman–Crippen MR) is 93.6 cm³/mol. The molecule has 25 heavy (non-hydrogen) atoms. The summed E-state index contributed by atoms with van der Waals surface area (Å²) < 4.78 is 27.8. The Kier molecular flexibility index (Phi) is 5.12. The third-order valence-corrected chi connectivity index (χ3v) is 5.41. The molecule has 9 heteroatoms. The van der Waals surface area contributed by atoms with Gasteiger partial charge in [-0.3, -0.25) is 4.79 Å². The number of amides is 1. The van der Waals surface area contributed by atoms with Crippen molar-refractivity contribution >= 4 is 27.5 Å². The third-order valence-electron chi connectivity index (χ3n) is 4.14. The van der Waals surface area contributed by atoms with Gasteiger partial charge in [-0.1, -0.05) is 28.9 Å². The molecule has 1 fully saturated rings.